The average Bonchev–Trinajstić information content (AvgIpc) is 2.91. The highest BCUT2D eigenvalue weighted by Crippen LogP contribution is 2.30. The minimum atomic E-state index is -0.345. The summed E-state index contributed by atoms with van der Waals surface area (Å²) in [6.07, 6.45) is 4.81. The van der Waals surface area contributed by atoms with Gasteiger partial charge in [-0.1, -0.05) is 0 Å². The van der Waals surface area contributed by atoms with Crippen LogP contribution in [0.1, 0.15) is 32.1 Å². The molecule has 96 valence electrons. The van der Waals surface area contributed by atoms with Crippen LogP contribution in [0.4, 0.5) is 0 Å². The van der Waals surface area contributed by atoms with Crippen molar-refractivity contribution in [3.05, 3.63) is 0 Å². The van der Waals surface area contributed by atoms with Crippen molar-refractivity contribution < 1.29 is 14.3 Å². The standard InChI is InChI=1S/C12H19NO3S/c1-16-12(15)9-5-2-3-7-13(9)11(14)10-6-4-8-17-10/h9-10H,2-8H2,1H3. The van der Waals surface area contributed by atoms with Crippen molar-refractivity contribution >= 4 is 23.6 Å². The van der Waals surface area contributed by atoms with Crippen LogP contribution in [0, 0.1) is 0 Å². The molecule has 0 bridgehead atoms. The molecule has 0 aliphatic carbocycles. The van der Waals surface area contributed by atoms with Gasteiger partial charge in [-0.25, -0.2) is 4.79 Å². The highest BCUT2D eigenvalue weighted by atomic mass is 32.2. The van der Waals surface area contributed by atoms with Gasteiger partial charge >= 0.3 is 5.97 Å². The number of hydrogen-bond donors (Lipinski definition) is 0. The number of likely N-dealkylation sites (tertiary alicyclic amines) is 1. The number of amides is 1. The lowest BCUT2D eigenvalue weighted by Gasteiger charge is -2.35. The molecule has 0 aromatic rings. The number of methoxy groups -OCH3 is 1. The van der Waals surface area contributed by atoms with E-state index in [1.54, 1.807) is 16.7 Å². The van der Waals surface area contributed by atoms with E-state index in [0.29, 0.717) is 6.54 Å². The number of hydrogen-bond acceptors (Lipinski definition) is 4. The Bertz CT molecular complexity index is 302. The van der Waals surface area contributed by atoms with Crippen molar-refractivity contribution in [3.63, 3.8) is 0 Å². The van der Waals surface area contributed by atoms with E-state index in [-0.39, 0.29) is 23.2 Å². The molecule has 2 unspecified atom stereocenters. The van der Waals surface area contributed by atoms with Crippen LogP contribution in [-0.2, 0) is 14.3 Å². The predicted octanol–water partition coefficient (Wildman–Crippen LogP) is 1.44. The summed E-state index contributed by atoms with van der Waals surface area (Å²) in [6, 6.07) is -0.345. The number of carbonyl (C=O) groups excluding carboxylic acids is 2. The fourth-order valence-electron chi connectivity index (χ4n) is 2.53. The third-order valence-electron chi connectivity index (χ3n) is 3.46. The van der Waals surface area contributed by atoms with Crippen molar-refractivity contribution in [2.75, 3.05) is 19.4 Å². The molecule has 0 spiro atoms. The van der Waals surface area contributed by atoms with Crippen molar-refractivity contribution in [1.82, 2.24) is 4.90 Å². The second-order valence-electron chi connectivity index (χ2n) is 4.57. The average molecular weight is 257 g/mol. The lowest BCUT2D eigenvalue weighted by molar-refractivity contribution is -0.154. The van der Waals surface area contributed by atoms with Crippen LogP contribution in [0.25, 0.3) is 0 Å². The Labute approximate surface area is 106 Å². The van der Waals surface area contributed by atoms with Gasteiger partial charge in [-0.2, -0.15) is 0 Å². The van der Waals surface area contributed by atoms with Crippen LogP contribution in [-0.4, -0.2) is 47.5 Å². The van der Waals surface area contributed by atoms with Gasteiger partial charge in [0, 0.05) is 6.54 Å². The predicted molar refractivity (Wildman–Crippen MR) is 66.8 cm³/mol. The zero-order valence-corrected chi connectivity index (χ0v) is 11.0. The second-order valence-corrected chi connectivity index (χ2v) is 5.88. The van der Waals surface area contributed by atoms with E-state index < -0.39 is 0 Å². The van der Waals surface area contributed by atoms with Gasteiger partial charge in [-0.05, 0) is 37.9 Å². The molecule has 2 heterocycles. The van der Waals surface area contributed by atoms with Gasteiger partial charge in [0.1, 0.15) is 6.04 Å². The van der Waals surface area contributed by atoms with Gasteiger partial charge in [0.25, 0.3) is 0 Å². The molecule has 0 aromatic heterocycles. The topological polar surface area (TPSA) is 46.6 Å². The Morgan fingerprint density at radius 2 is 2.06 bits per heavy atom. The highest BCUT2D eigenvalue weighted by molar-refractivity contribution is 8.00. The zero-order valence-electron chi connectivity index (χ0n) is 10.2. The first-order chi connectivity index (χ1) is 8.24. The molecule has 1 amide bonds. The summed E-state index contributed by atoms with van der Waals surface area (Å²) in [4.78, 5) is 25.8. The van der Waals surface area contributed by atoms with E-state index in [2.05, 4.69) is 0 Å². The van der Waals surface area contributed by atoms with E-state index in [0.717, 1.165) is 37.9 Å². The van der Waals surface area contributed by atoms with Crippen LogP contribution < -0.4 is 0 Å². The van der Waals surface area contributed by atoms with Crippen LogP contribution in [0.15, 0.2) is 0 Å². The number of rotatable bonds is 2. The minimum absolute atomic E-state index is 0.0697. The number of carbonyl (C=O) groups is 2. The molecule has 0 aromatic carbocycles. The van der Waals surface area contributed by atoms with Gasteiger partial charge in [0.15, 0.2) is 0 Å². The van der Waals surface area contributed by atoms with Gasteiger partial charge < -0.3 is 9.64 Å². The maximum atomic E-state index is 12.3. The minimum Gasteiger partial charge on any atom is -0.467 e. The summed E-state index contributed by atoms with van der Waals surface area (Å²) in [5.74, 6) is 0.941. The highest BCUT2D eigenvalue weighted by Gasteiger charge is 2.37. The summed E-state index contributed by atoms with van der Waals surface area (Å²) < 4.78 is 4.79. The number of esters is 1. The van der Waals surface area contributed by atoms with E-state index in [1.807, 2.05) is 0 Å². The van der Waals surface area contributed by atoms with Crippen LogP contribution in [0.3, 0.4) is 0 Å². The third-order valence-corrected chi connectivity index (χ3v) is 4.83. The summed E-state index contributed by atoms with van der Waals surface area (Å²) >= 11 is 1.72. The van der Waals surface area contributed by atoms with Crippen LogP contribution in [0.5, 0.6) is 0 Å². The summed E-state index contributed by atoms with van der Waals surface area (Å²) in [7, 11) is 1.39. The molecule has 2 rings (SSSR count). The Balaban J connectivity index is 2.04. The van der Waals surface area contributed by atoms with E-state index >= 15 is 0 Å². The smallest absolute Gasteiger partial charge is 0.328 e. The van der Waals surface area contributed by atoms with Gasteiger partial charge in [-0.3, -0.25) is 4.79 Å². The molecule has 5 heteroatoms. The second kappa shape index (κ2) is 5.76. The van der Waals surface area contributed by atoms with Crippen LogP contribution in [0.2, 0.25) is 0 Å². The summed E-state index contributed by atoms with van der Waals surface area (Å²) in [6.45, 7) is 0.704. The van der Waals surface area contributed by atoms with Crippen molar-refractivity contribution in [1.29, 1.82) is 0 Å². The SMILES string of the molecule is COC(=O)C1CCCCN1C(=O)C1CCCS1. The Kier molecular flexibility index (Phi) is 4.31. The fraction of sp³-hybridized carbons (Fsp3) is 0.833. The van der Waals surface area contributed by atoms with Gasteiger partial charge in [0.05, 0.1) is 12.4 Å². The first kappa shape index (κ1) is 12.7. The Hall–Kier alpha value is -0.710. The molecular weight excluding hydrogens is 238 g/mol. The van der Waals surface area contributed by atoms with E-state index in [1.165, 1.54) is 7.11 Å². The number of thioether (sulfide) groups is 1. The van der Waals surface area contributed by atoms with Gasteiger partial charge in [-0.15, -0.1) is 11.8 Å². The third kappa shape index (κ3) is 2.76. The van der Waals surface area contributed by atoms with Crippen molar-refractivity contribution in [3.8, 4) is 0 Å². The zero-order chi connectivity index (χ0) is 12.3. The number of piperidine rings is 1. The quantitative estimate of drug-likeness (QED) is 0.702. The van der Waals surface area contributed by atoms with Crippen molar-refractivity contribution in [2.45, 2.75) is 43.4 Å². The molecule has 2 aliphatic rings. The molecule has 2 fully saturated rings. The molecule has 0 radical (unpaired) electrons. The van der Waals surface area contributed by atoms with E-state index in [9.17, 15) is 9.59 Å². The number of nitrogens with zero attached hydrogens (tertiary/aromatic N) is 1. The van der Waals surface area contributed by atoms with E-state index in [4.69, 9.17) is 4.74 Å². The van der Waals surface area contributed by atoms with Gasteiger partial charge in [0.2, 0.25) is 5.91 Å². The molecule has 17 heavy (non-hydrogen) atoms. The molecular formula is C12H19NO3S. The Morgan fingerprint density at radius 1 is 1.24 bits per heavy atom. The molecule has 2 saturated heterocycles. The monoisotopic (exact) mass is 257 g/mol. The number of ether oxygens (including phenoxy) is 1. The normalized spacial score (nSPS) is 29.1. The largest absolute Gasteiger partial charge is 0.467 e. The first-order valence-corrected chi connectivity index (χ1v) is 7.29. The molecule has 0 N–H and O–H groups in total. The molecule has 4 nitrogen and oxygen atoms in total. The molecule has 2 atom stereocenters. The fourth-order valence-corrected chi connectivity index (χ4v) is 3.76. The maximum Gasteiger partial charge on any atom is 0.328 e. The van der Waals surface area contributed by atoms with Crippen LogP contribution >= 0.6 is 11.8 Å². The summed E-state index contributed by atoms with van der Waals surface area (Å²) in [5, 5.41) is 0.0697. The maximum absolute atomic E-state index is 12.3. The van der Waals surface area contributed by atoms with Crippen molar-refractivity contribution in [2.24, 2.45) is 0 Å². The lowest BCUT2D eigenvalue weighted by Crippen LogP contribution is -2.50. The summed E-state index contributed by atoms with van der Waals surface area (Å²) in [5.41, 5.74) is 0. The Morgan fingerprint density at radius 3 is 2.71 bits per heavy atom. The molecule has 0 saturated carbocycles. The molecule has 2 aliphatic heterocycles. The lowest BCUT2D eigenvalue weighted by atomic mass is 10.0. The first-order valence-electron chi connectivity index (χ1n) is 6.24.